The van der Waals surface area contributed by atoms with E-state index in [1.54, 1.807) is 0 Å². The molecule has 1 heterocycles. The Hall–Kier alpha value is -2.08. The van der Waals surface area contributed by atoms with Gasteiger partial charge in [0.1, 0.15) is 12.1 Å². The van der Waals surface area contributed by atoms with Gasteiger partial charge in [-0.1, -0.05) is 30.3 Å². The van der Waals surface area contributed by atoms with Crippen molar-refractivity contribution in [3.8, 4) is 0 Å². The van der Waals surface area contributed by atoms with Crippen molar-refractivity contribution in [1.82, 2.24) is 5.32 Å². The maximum Gasteiger partial charge on any atom is 0.408 e. The van der Waals surface area contributed by atoms with Crippen LogP contribution in [-0.2, 0) is 20.9 Å². The van der Waals surface area contributed by atoms with E-state index in [1.165, 1.54) is 0 Å². The second kappa shape index (κ2) is 5.71. The molecule has 0 aromatic heterocycles. The van der Waals surface area contributed by atoms with Crippen LogP contribution in [0.1, 0.15) is 12.0 Å². The van der Waals surface area contributed by atoms with E-state index in [2.05, 4.69) is 5.32 Å². The van der Waals surface area contributed by atoms with Crippen LogP contribution >= 0.6 is 0 Å². The van der Waals surface area contributed by atoms with Crippen LogP contribution in [0.2, 0.25) is 0 Å². The fourth-order valence-electron chi connectivity index (χ4n) is 1.83. The number of rotatable bonds is 5. The van der Waals surface area contributed by atoms with Gasteiger partial charge in [0.25, 0.3) is 0 Å². The molecule has 1 amide bonds. The molecule has 102 valence electrons. The Morgan fingerprint density at radius 3 is 2.53 bits per heavy atom. The summed E-state index contributed by atoms with van der Waals surface area (Å²) < 4.78 is 10.0. The number of hydrogen-bond donors (Lipinski definition) is 2. The van der Waals surface area contributed by atoms with Crippen LogP contribution in [0, 0.1) is 0 Å². The van der Waals surface area contributed by atoms with Crippen LogP contribution in [0.4, 0.5) is 4.79 Å². The van der Waals surface area contributed by atoms with Crippen LogP contribution < -0.4 is 5.32 Å². The maximum absolute atomic E-state index is 11.6. The number of hydrogen-bond acceptors (Lipinski definition) is 4. The summed E-state index contributed by atoms with van der Waals surface area (Å²) in [6, 6.07) is 9.25. The smallest absolute Gasteiger partial charge is 0.408 e. The quantitative estimate of drug-likeness (QED) is 0.834. The first-order valence-corrected chi connectivity index (χ1v) is 5.88. The highest BCUT2D eigenvalue weighted by atomic mass is 16.6. The van der Waals surface area contributed by atoms with Gasteiger partial charge in [0.15, 0.2) is 0 Å². The molecule has 0 bridgehead atoms. The highest BCUT2D eigenvalue weighted by molar-refractivity contribution is 5.73. The summed E-state index contributed by atoms with van der Waals surface area (Å²) in [5.41, 5.74) is 0.0365. The van der Waals surface area contributed by atoms with E-state index in [9.17, 15) is 9.59 Å². The molecule has 2 rings (SSSR count). The Labute approximate surface area is 110 Å². The van der Waals surface area contributed by atoms with E-state index in [1.807, 2.05) is 30.3 Å². The van der Waals surface area contributed by atoms with Crippen LogP contribution in [0.25, 0.3) is 0 Å². The van der Waals surface area contributed by atoms with Crippen molar-refractivity contribution >= 4 is 12.1 Å². The topological polar surface area (TPSA) is 84.9 Å². The fourth-order valence-corrected chi connectivity index (χ4v) is 1.83. The zero-order valence-corrected chi connectivity index (χ0v) is 10.3. The normalized spacial score (nSPS) is 16.2. The Bertz CT molecular complexity index is 455. The summed E-state index contributed by atoms with van der Waals surface area (Å²) >= 11 is 0. The number of carboxylic acids is 1. The molecule has 1 fully saturated rings. The number of aliphatic carboxylic acids is 1. The van der Waals surface area contributed by atoms with Crippen LogP contribution in [0.5, 0.6) is 0 Å². The average molecular weight is 265 g/mol. The maximum atomic E-state index is 11.6. The van der Waals surface area contributed by atoms with Crippen molar-refractivity contribution in [1.29, 1.82) is 0 Å². The van der Waals surface area contributed by atoms with Gasteiger partial charge < -0.3 is 19.9 Å². The van der Waals surface area contributed by atoms with Gasteiger partial charge in [-0.15, -0.1) is 0 Å². The first-order valence-electron chi connectivity index (χ1n) is 5.88. The molecule has 1 aromatic rings. The SMILES string of the molecule is O=C(O)CC1(NC(=O)OCc2ccccc2)COC1. The summed E-state index contributed by atoms with van der Waals surface area (Å²) in [6.45, 7) is 0.538. The summed E-state index contributed by atoms with van der Waals surface area (Å²) in [5.74, 6) is -0.980. The summed E-state index contributed by atoms with van der Waals surface area (Å²) in [7, 11) is 0. The average Bonchev–Trinajstić information content (AvgIpc) is 2.34. The molecule has 1 saturated heterocycles. The van der Waals surface area contributed by atoms with Crippen molar-refractivity contribution in [3.05, 3.63) is 35.9 Å². The lowest BCUT2D eigenvalue weighted by atomic mass is 9.93. The van der Waals surface area contributed by atoms with E-state index in [0.29, 0.717) is 0 Å². The first-order chi connectivity index (χ1) is 9.10. The molecule has 1 aromatic carbocycles. The lowest BCUT2D eigenvalue weighted by Gasteiger charge is -2.40. The molecule has 0 spiro atoms. The second-order valence-electron chi connectivity index (χ2n) is 4.53. The Kier molecular flexibility index (Phi) is 4.01. The van der Waals surface area contributed by atoms with E-state index >= 15 is 0 Å². The van der Waals surface area contributed by atoms with Crippen LogP contribution in [0.3, 0.4) is 0 Å². The number of carboxylic acid groups (broad SMARTS) is 1. The zero-order chi connectivity index (χ0) is 13.7. The van der Waals surface area contributed by atoms with Crippen molar-refractivity contribution < 1.29 is 24.2 Å². The third-order valence-corrected chi connectivity index (χ3v) is 2.83. The van der Waals surface area contributed by atoms with Gasteiger partial charge >= 0.3 is 12.1 Å². The van der Waals surface area contributed by atoms with Crippen LogP contribution in [-0.4, -0.2) is 35.9 Å². The van der Waals surface area contributed by atoms with Gasteiger partial charge in [0.2, 0.25) is 0 Å². The fraction of sp³-hybridized carbons (Fsp3) is 0.385. The van der Waals surface area contributed by atoms with Gasteiger partial charge in [0, 0.05) is 0 Å². The van der Waals surface area contributed by atoms with Crippen molar-refractivity contribution in [2.45, 2.75) is 18.6 Å². The summed E-state index contributed by atoms with van der Waals surface area (Å²) in [4.78, 5) is 22.3. The predicted molar refractivity (Wildman–Crippen MR) is 65.6 cm³/mol. The minimum atomic E-state index is -0.980. The number of amides is 1. The molecule has 2 N–H and O–H groups in total. The van der Waals surface area contributed by atoms with Gasteiger partial charge in [0.05, 0.1) is 19.6 Å². The molecule has 0 radical (unpaired) electrons. The third kappa shape index (κ3) is 3.69. The van der Waals surface area contributed by atoms with E-state index in [4.69, 9.17) is 14.6 Å². The molecule has 6 heteroatoms. The van der Waals surface area contributed by atoms with Gasteiger partial charge in [-0.05, 0) is 5.56 Å². The molecular formula is C13H15NO5. The van der Waals surface area contributed by atoms with Crippen molar-refractivity contribution in [2.24, 2.45) is 0 Å². The molecule has 1 aliphatic rings. The lowest BCUT2D eigenvalue weighted by molar-refractivity contribution is -0.146. The molecule has 0 atom stereocenters. The largest absolute Gasteiger partial charge is 0.481 e. The third-order valence-electron chi connectivity index (χ3n) is 2.83. The highest BCUT2D eigenvalue weighted by Crippen LogP contribution is 2.21. The molecular weight excluding hydrogens is 250 g/mol. The molecule has 0 aliphatic carbocycles. The van der Waals surface area contributed by atoms with Gasteiger partial charge in [-0.2, -0.15) is 0 Å². The Morgan fingerprint density at radius 2 is 2.00 bits per heavy atom. The zero-order valence-electron chi connectivity index (χ0n) is 10.3. The predicted octanol–water partition coefficient (Wildman–Crippen LogP) is 1.16. The molecule has 19 heavy (non-hydrogen) atoms. The standard InChI is InChI=1S/C13H15NO5/c15-11(16)6-13(8-18-9-13)14-12(17)19-7-10-4-2-1-3-5-10/h1-5H,6-9H2,(H,14,17)(H,15,16). The number of ether oxygens (including phenoxy) is 2. The van der Waals surface area contributed by atoms with E-state index < -0.39 is 17.6 Å². The second-order valence-corrected chi connectivity index (χ2v) is 4.53. The number of alkyl carbamates (subject to hydrolysis) is 1. The lowest BCUT2D eigenvalue weighted by Crippen LogP contribution is -2.63. The number of carbonyl (C=O) groups excluding carboxylic acids is 1. The van der Waals surface area contributed by atoms with Crippen molar-refractivity contribution in [2.75, 3.05) is 13.2 Å². The van der Waals surface area contributed by atoms with E-state index in [-0.39, 0.29) is 26.2 Å². The van der Waals surface area contributed by atoms with Gasteiger partial charge in [-0.25, -0.2) is 4.79 Å². The minimum absolute atomic E-state index is 0.149. The summed E-state index contributed by atoms with van der Waals surface area (Å²) in [6.07, 6.45) is -0.804. The van der Waals surface area contributed by atoms with E-state index in [0.717, 1.165) is 5.56 Å². The van der Waals surface area contributed by atoms with Crippen molar-refractivity contribution in [3.63, 3.8) is 0 Å². The Morgan fingerprint density at radius 1 is 1.32 bits per heavy atom. The molecule has 0 unspecified atom stereocenters. The number of benzene rings is 1. The summed E-state index contributed by atoms with van der Waals surface area (Å²) in [5, 5.41) is 11.4. The van der Waals surface area contributed by atoms with Gasteiger partial charge in [-0.3, -0.25) is 4.79 Å². The number of carbonyl (C=O) groups is 2. The minimum Gasteiger partial charge on any atom is -0.481 e. The van der Waals surface area contributed by atoms with Crippen LogP contribution in [0.15, 0.2) is 30.3 Å². The number of nitrogens with one attached hydrogen (secondary N) is 1. The Balaban J connectivity index is 1.82. The molecule has 0 saturated carbocycles. The first kappa shape index (κ1) is 13.4. The highest BCUT2D eigenvalue weighted by Gasteiger charge is 2.42. The monoisotopic (exact) mass is 265 g/mol. The molecule has 6 nitrogen and oxygen atoms in total. The molecule has 1 aliphatic heterocycles.